The van der Waals surface area contributed by atoms with E-state index in [0.29, 0.717) is 18.8 Å². The van der Waals surface area contributed by atoms with Gasteiger partial charge in [-0.15, -0.1) is 0 Å². The van der Waals surface area contributed by atoms with Crippen molar-refractivity contribution < 1.29 is 44.3 Å². The number of carboxylic acid groups (broad SMARTS) is 3. The van der Waals surface area contributed by atoms with E-state index in [9.17, 15) is 19.6 Å². The summed E-state index contributed by atoms with van der Waals surface area (Å²) in [6.07, 6.45) is -1.52. The van der Waals surface area contributed by atoms with E-state index >= 15 is 0 Å². The average Bonchev–Trinajstić information content (AvgIpc) is 3.04. The lowest BCUT2D eigenvalue weighted by molar-refractivity contribution is -0.170. The molecule has 2 aromatic carbocycles. The molecule has 47 heavy (non-hydrogen) atoms. The van der Waals surface area contributed by atoms with Crippen molar-refractivity contribution >= 4 is 29.1 Å². The third-order valence-electron chi connectivity index (χ3n) is 7.54. The van der Waals surface area contributed by atoms with Crippen LogP contribution < -0.4 is 9.47 Å². The lowest BCUT2D eigenvalue weighted by Crippen LogP contribution is -2.42. The molecule has 0 heterocycles. The molecule has 0 amide bonds. The fourth-order valence-electron chi connectivity index (χ4n) is 4.68. The van der Waals surface area contributed by atoms with Gasteiger partial charge in [-0.2, -0.15) is 5.26 Å². The van der Waals surface area contributed by atoms with Gasteiger partial charge in [-0.1, -0.05) is 46.8 Å². The van der Waals surface area contributed by atoms with E-state index in [1.807, 2.05) is 48.5 Å². The first-order chi connectivity index (χ1) is 22.4. The van der Waals surface area contributed by atoms with Crippen LogP contribution in [-0.2, 0) is 14.4 Å². The van der Waals surface area contributed by atoms with Crippen molar-refractivity contribution in [1.82, 2.24) is 9.80 Å². The van der Waals surface area contributed by atoms with Crippen LogP contribution in [0.15, 0.2) is 48.5 Å². The molecule has 0 spiro atoms. The summed E-state index contributed by atoms with van der Waals surface area (Å²) in [7, 11) is 0. The number of ether oxygens (including phenoxy) is 2. The highest BCUT2D eigenvalue weighted by molar-refractivity contribution is 5.97. The fourth-order valence-corrected chi connectivity index (χ4v) is 4.68. The summed E-state index contributed by atoms with van der Waals surface area (Å²) >= 11 is 0. The van der Waals surface area contributed by atoms with Gasteiger partial charge in [0, 0.05) is 13.1 Å². The van der Waals surface area contributed by atoms with Gasteiger partial charge in [0.25, 0.3) is 0 Å². The normalized spacial score (nSPS) is 11.6. The van der Waals surface area contributed by atoms with Crippen LogP contribution in [0, 0.1) is 11.3 Å². The second kappa shape index (κ2) is 21.4. The van der Waals surface area contributed by atoms with E-state index in [1.54, 1.807) is 0 Å². The molecule has 12 heteroatoms. The van der Waals surface area contributed by atoms with Crippen molar-refractivity contribution in [2.45, 2.75) is 59.5 Å². The number of likely N-dealkylation sites (N-methyl/N-ethyl adjacent to an activating group) is 2. The minimum Gasteiger partial charge on any atom is -0.492 e. The Labute approximate surface area is 277 Å². The zero-order chi connectivity index (χ0) is 35.4. The molecule has 0 aromatic heterocycles. The molecule has 0 bridgehead atoms. The third-order valence-corrected chi connectivity index (χ3v) is 7.54. The van der Waals surface area contributed by atoms with Crippen LogP contribution in [0.1, 0.15) is 65.0 Å². The van der Waals surface area contributed by atoms with Gasteiger partial charge in [-0.25, -0.2) is 4.79 Å². The summed E-state index contributed by atoms with van der Waals surface area (Å²) in [5, 5.41) is 43.8. The minimum absolute atomic E-state index is 0.658. The number of nitriles is 1. The molecule has 0 saturated heterocycles. The number of hydrogen-bond donors (Lipinski definition) is 4. The lowest BCUT2D eigenvalue weighted by Gasteiger charge is -2.18. The average molecular weight is 656 g/mol. The molecule has 0 aliphatic heterocycles. The van der Waals surface area contributed by atoms with Gasteiger partial charge in [-0.3, -0.25) is 9.59 Å². The Morgan fingerprint density at radius 1 is 0.702 bits per heavy atom. The van der Waals surface area contributed by atoms with Crippen LogP contribution in [0.4, 0.5) is 0 Å². The second-order valence-corrected chi connectivity index (χ2v) is 10.6. The van der Waals surface area contributed by atoms with E-state index in [4.69, 9.17) is 29.9 Å². The fraction of sp³-hybridized carbons (Fsp3) is 0.486. The standard InChI is InChI=1S/C29H41N3O2.C6H8O7/c1-6-28(24-11-15-26(16-12-24)33-21-19-31(7-2)8-3)29(23-30)25-13-17-27(18-14-25)34-22-20-32(9-4)10-5;7-3(8)1-6(13,5(11)12)2-4(9)10/h11-18H,6-10,19-22H2,1-5H3;13H,1-2H2,(H,7,8)(H,9,10)(H,11,12)/b29-28-;. The van der Waals surface area contributed by atoms with Crippen molar-refractivity contribution in [2.24, 2.45) is 0 Å². The zero-order valence-corrected chi connectivity index (χ0v) is 28.1. The van der Waals surface area contributed by atoms with Gasteiger partial charge < -0.3 is 39.7 Å². The van der Waals surface area contributed by atoms with Gasteiger partial charge in [0.05, 0.1) is 18.4 Å². The van der Waals surface area contributed by atoms with E-state index in [1.165, 1.54) is 0 Å². The number of benzene rings is 2. The van der Waals surface area contributed by atoms with Crippen LogP contribution >= 0.6 is 0 Å². The number of nitrogens with zero attached hydrogens (tertiary/aromatic N) is 3. The number of allylic oxidation sites excluding steroid dienone is 2. The number of hydrogen-bond acceptors (Lipinski definition) is 9. The maximum absolute atomic E-state index is 10.3. The molecule has 0 aliphatic rings. The van der Waals surface area contributed by atoms with E-state index < -0.39 is 36.4 Å². The summed E-state index contributed by atoms with van der Waals surface area (Å²) in [5.74, 6) is -3.33. The molecule has 0 aliphatic carbocycles. The summed E-state index contributed by atoms with van der Waals surface area (Å²) < 4.78 is 11.8. The van der Waals surface area contributed by atoms with Crippen LogP contribution in [0.2, 0.25) is 0 Å². The van der Waals surface area contributed by atoms with Gasteiger partial charge in [0.1, 0.15) is 30.8 Å². The summed E-state index contributed by atoms with van der Waals surface area (Å²) in [6, 6.07) is 18.4. The predicted octanol–water partition coefficient (Wildman–Crippen LogP) is 4.72. The van der Waals surface area contributed by atoms with Gasteiger partial charge in [-0.05, 0) is 85.7 Å². The summed E-state index contributed by atoms with van der Waals surface area (Å²) in [5.41, 5.74) is 0.960. The Morgan fingerprint density at radius 2 is 1.09 bits per heavy atom. The van der Waals surface area contributed by atoms with Gasteiger partial charge >= 0.3 is 17.9 Å². The van der Waals surface area contributed by atoms with Gasteiger partial charge in [0.15, 0.2) is 5.60 Å². The largest absolute Gasteiger partial charge is 0.492 e. The maximum Gasteiger partial charge on any atom is 0.336 e. The minimum atomic E-state index is -2.74. The first-order valence-corrected chi connectivity index (χ1v) is 15.8. The Balaban J connectivity index is 0.000000716. The molecule has 4 N–H and O–H groups in total. The van der Waals surface area contributed by atoms with Gasteiger partial charge in [0.2, 0.25) is 0 Å². The smallest absolute Gasteiger partial charge is 0.336 e. The third kappa shape index (κ3) is 14.2. The molecule has 258 valence electrons. The molecule has 2 aromatic rings. The Kier molecular flexibility index (Phi) is 18.5. The van der Waals surface area contributed by atoms with Crippen molar-refractivity contribution in [3.05, 3.63) is 59.7 Å². The number of carbonyl (C=O) groups is 3. The number of aliphatic hydroxyl groups is 1. The maximum atomic E-state index is 10.3. The predicted molar refractivity (Wildman–Crippen MR) is 179 cm³/mol. The van der Waals surface area contributed by atoms with Crippen LogP contribution in [0.3, 0.4) is 0 Å². The lowest BCUT2D eigenvalue weighted by atomic mass is 9.93. The van der Waals surface area contributed by atoms with E-state index in [0.717, 1.165) is 73.9 Å². The highest BCUT2D eigenvalue weighted by atomic mass is 16.5. The molecular weight excluding hydrogens is 606 g/mol. The summed E-state index contributed by atoms with van der Waals surface area (Å²) in [4.78, 5) is 35.2. The highest BCUT2D eigenvalue weighted by Crippen LogP contribution is 2.30. The monoisotopic (exact) mass is 655 g/mol. The molecule has 0 unspecified atom stereocenters. The molecule has 12 nitrogen and oxygen atoms in total. The Hall–Kier alpha value is -4.44. The van der Waals surface area contributed by atoms with Crippen molar-refractivity contribution in [2.75, 3.05) is 52.5 Å². The van der Waals surface area contributed by atoms with Crippen molar-refractivity contribution in [1.29, 1.82) is 5.26 Å². The number of carboxylic acids is 3. The first kappa shape index (κ1) is 40.6. The Bertz CT molecular complexity index is 1310. The summed E-state index contributed by atoms with van der Waals surface area (Å²) in [6.45, 7) is 18.0. The number of aliphatic carboxylic acids is 3. The molecule has 0 atom stereocenters. The van der Waals surface area contributed by atoms with E-state index in [2.05, 4.69) is 50.5 Å². The number of rotatable bonds is 20. The van der Waals surface area contributed by atoms with Crippen molar-refractivity contribution in [3.8, 4) is 17.6 Å². The van der Waals surface area contributed by atoms with Crippen LogP contribution in [0.25, 0.3) is 11.1 Å². The Morgan fingerprint density at radius 3 is 1.38 bits per heavy atom. The van der Waals surface area contributed by atoms with Crippen molar-refractivity contribution in [3.63, 3.8) is 0 Å². The quantitative estimate of drug-likeness (QED) is 0.114. The SMILES string of the molecule is CC/C(=C(\C#N)c1ccc(OCCN(CC)CC)cc1)c1ccc(OCCN(CC)CC)cc1.O=C(O)CC(O)(CC(=O)O)C(=O)O. The molecular formula is C35H49N3O9. The first-order valence-electron chi connectivity index (χ1n) is 15.8. The van der Waals surface area contributed by atoms with E-state index in [-0.39, 0.29) is 0 Å². The van der Waals surface area contributed by atoms with Crippen LogP contribution in [-0.4, -0.2) is 106 Å². The highest BCUT2D eigenvalue weighted by Gasteiger charge is 2.40. The molecule has 0 radical (unpaired) electrons. The van der Waals surface area contributed by atoms with Crippen LogP contribution in [0.5, 0.6) is 11.5 Å². The topological polar surface area (TPSA) is 181 Å². The molecule has 2 rings (SSSR count). The molecule has 0 fully saturated rings. The zero-order valence-electron chi connectivity index (χ0n) is 28.1. The second-order valence-electron chi connectivity index (χ2n) is 10.6. The molecule has 0 saturated carbocycles.